The summed E-state index contributed by atoms with van der Waals surface area (Å²) in [6.07, 6.45) is 0.114. The lowest BCUT2D eigenvalue weighted by molar-refractivity contribution is 0.223. The first-order valence-electron chi connectivity index (χ1n) is 6.38. The SMILES string of the molecule is Cc1cccc(OC(C)CNC2=NCCN2C)c1.I. The molecule has 2 rings (SSSR count). The predicted octanol–water partition coefficient (Wildman–Crippen LogP) is 2.27. The molecule has 0 spiro atoms. The lowest BCUT2D eigenvalue weighted by atomic mass is 10.2. The molecule has 1 unspecified atom stereocenters. The average molecular weight is 375 g/mol. The summed E-state index contributed by atoms with van der Waals surface area (Å²) in [7, 11) is 2.05. The van der Waals surface area contributed by atoms with Crippen molar-refractivity contribution in [1.29, 1.82) is 0 Å². The van der Waals surface area contributed by atoms with Crippen molar-refractivity contribution in [2.75, 3.05) is 26.7 Å². The summed E-state index contributed by atoms with van der Waals surface area (Å²) in [5, 5.41) is 3.32. The molecule has 0 saturated heterocycles. The standard InChI is InChI=1S/C14H21N3O.HI/c1-11-5-4-6-13(9-11)18-12(2)10-16-14-15-7-8-17(14)3;/h4-6,9,12H,7-8,10H2,1-3H3,(H,15,16);1H. The van der Waals surface area contributed by atoms with E-state index in [0.717, 1.165) is 31.3 Å². The van der Waals surface area contributed by atoms with Crippen molar-refractivity contribution in [3.8, 4) is 5.75 Å². The van der Waals surface area contributed by atoms with Gasteiger partial charge in [0.2, 0.25) is 0 Å². The Morgan fingerprint density at radius 3 is 2.89 bits per heavy atom. The van der Waals surface area contributed by atoms with Crippen LogP contribution in [-0.2, 0) is 0 Å². The Morgan fingerprint density at radius 1 is 1.47 bits per heavy atom. The van der Waals surface area contributed by atoms with E-state index in [2.05, 4.69) is 41.2 Å². The highest BCUT2D eigenvalue weighted by atomic mass is 127. The number of halogens is 1. The van der Waals surface area contributed by atoms with E-state index in [0.29, 0.717) is 0 Å². The number of benzene rings is 1. The van der Waals surface area contributed by atoms with Gasteiger partial charge in [-0.1, -0.05) is 12.1 Å². The first-order valence-corrected chi connectivity index (χ1v) is 6.38. The van der Waals surface area contributed by atoms with E-state index >= 15 is 0 Å². The van der Waals surface area contributed by atoms with Crippen LogP contribution >= 0.6 is 24.0 Å². The summed E-state index contributed by atoms with van der Waals surface area (Å²) in [5.74, 6) is 1.89. The second-order valence-electron chi connectivity index (χ2n) is 4.75. The van der Waals surface area contributed by atoms with E-state index in [1.807, 2.05) is 19.2 Å². The topological polar surface area (TPSA) is 36.9 Å². The number of nitrogens with one attached hydrogen (secondary N) is 1. The van der Waals surface area contributed by atoms with Gasteiger partial charge in [0, 0.05) is 13.6 Å². The minimum absolute atomic E-state index is 0. The van der Waals surface area contributed by atoms with Crippen molar-refractivity contribution in [2.24, 2.45) is 4.99 Å². The fourth-order valence-electron chi connectivity index (χ4n) is 1.92. The smallest absolute Gasteiger partial charge is 0.193 e. The summed E-state index contributed by atoms with van der Waals surface area (Å²) in [5.41, 5.74) is 1.22. The molecule has 1 heterocycles. The second kappa shape index (κ2) is 7.57. The molecule has 106 valence electrons. The minimum atomic E-state index is 0. The summed E-state index contributed by atoms with van der Waals surface area (Å²) in [6, 6.07) is 8.12. The maximum atomic E-state index is 5.85. The molecule has 0 aliphatic carbocycles. The molecule has 0 aromatic heterocycles. The highest BCUT2D eigenvalue weighted by Gasteiger charge is 2.13. The molecule has 1 aliphatic rings. The second-order valence-corrected chi connectivity index (χ2v) is 4.75. The number of aryl methyl sites for hydroxylation is 1. The molecule has 1 atom stereocenters. The third kappa shape index (κ3) is 4.89. The van der Waals surface area contributed by atoms with Crippen molar-refractivity contribution in [1.82, 2.24) is 10.2 Å². The van der Waals surface area contributed by atoms with Crippen LogP contribution in [0.5, 0.6) is 5.75 Å². The van der Waals surface area contributed by atoms with Crippen LogP contribution < -0.4 is 10.1 Å². The molecular formula is C14H22IN3O. The Morgan fingerprint density at radius 2 is 2.26 bits per heavy atom. The van der Waals surface area contributed by atoms with Gasteiger partial charge >= 0.3 is 0 Å². The van der Waals surface area contributed by atoms with Gasteiger partial charge in [0.15, 0.2) is 5.96 Å². The molecular weight excluding hydrogens is 353 g/mol. The number of guanidine groups is 1. The summed E-state index contributed by atoms with van der Waals surface area (Å²) in [6.45, 7) is 6.77. The Balaban J connectivity index is 0.00000180. The Kier molecular flexibility index (Phi) is 6.41. The molecule has 1 aromatic rings. The van der Waals surface area contributed by atoms with E-state index in [9.17, 15) is 0 Å². The summed E-state index contributed by atoms with van der Waals surface area (Å²) < 4.78 is 5.85. The first kappa shape index (κ1) is 16.1. The normalized spacial score (nSPS) is 15.5. The zero-order chi connectivity index (χ0) is 13.0. The van der Waals surface area contributed by atoms with E-state index in [4.69, 9.17) is 4.74 Å². The van der Waals surface area contributed by atoms with Gasteiger partial charge in [0.1, 0.15) is 11.9 Å². The molecule has 0 fully saturated rings. The molecule has 1 aliphatic heterocycles. The van der Waals surface area contributed by atoms with Crippen LogP contribution in [-0.4, -0.2) is 43.6 Å². The number of hydrogen-bond donors (Lipinski definition) is 1. The fraction of sp³-hybridized carbons (Fsp3) is 0.500. The van der Waals surface area contributed by atoms with Gasteiger partial charge in [-0.05, 0) is 31.5 Å². The third-order valence-electron chi connectivity index (χ3n) is 2.93. The van der Waals surface area contributed by atoms with Gasteiger partial charge in [-0.2, -0.15) is 0 Å². The van der Waals surface area contributed by atoms with E-state index in [-0.39, 0.29) is 30.1 Å². The van der Waals surface area contributed by atoms with E-state index in [1.54, 1.807) is 0 Å². The molecule has 0 radical (unpaired) electrons. The van der Waals surface area contributed by atoms with Gasteiger partial charge in [0.05, 0.1) is 13.1 Å². The molecule has 1 aromatic carbocycles. The molecule has 5 heteroatoms. The molecule has 0 amide bonds. The summed E-state index contributed by atoms with van der Waals surface area (Å²) >= 11 is 0. The van der Waals surface area contributed by atoms with E-state index in [1.165, 1.54) is 5.56 Å². The number of aliphatic imine (C=N–C) groups is 1. The van der Waals surface area contributed by atoms with Crippen LogP contribution in [0.4, 0.5) is 0 Å². The number of nitrogens with zero attached hydrogens (tertiary/aromatic N) is 2. The van der Waals surface area contributed by atoms with Gasteiger partial charge in [-0.25, -0.2) is 0 Å². The van der Waals surface area contributed by atoms with Crippen molar-refractivity contribution >= 4 is 29.9 Å². The number of hydrogen-bond acceptors (Lipinski definition) is 4. The molecule has 19 heavy (non-hydrogen) atoms. The Hall–Kier alpha value is -0.980. The highest BCUT2D eigenvalue weighted by molar-refractivity contribution is 14.0. The maximum Gasteiger partial charge on any atom is 0.193 e. The van der Waals surface area contributed by atoms with Crippen LogP contribution in [0.3, 0.4) is 0 Å². The van der Waals surface area contributed by atoms with Crippen LogP contribution in [0.15, 0.2) is 29.3 Å². The van der Waals surface area contributed by atoms with Gasteiger partial charge in [0.25, 0.3) is 0 Å². The van der Waals surface area contributed by atoms with E-state index < -0.39 is 0 Å². The lowest BCUT2D eigenvalue weighted by Crippen LogP contribution is -2.40. The minimum Gasteiger partial charge on any atom is -0.489 e. The highest BCUT2D eigenvalue weighted by Crippen LogP contribution is 2.13. The van der Waals surface area contributed by atoms with Crippen LogP contribution in [0.1, 0.15) is 12.5 Å². The predicted molar refractivity (Wildman–Crippen MR) is 89.6 cm³/mol. The average Bonchev–Trinajstić information content (AvgIpc) is 2.72. The zero-order valence-electron chi connectivity index (χ0n) is 11.7. The van der Waals surface area contributed by atoms with Crippen molar-refractivity contribution in [3.63, 3.8) is 0 Å². The largest absolute Gasteiger partial charge is 0.489 e. The quantitative estimate of drug-likeness (QED) is 0.821. The Bertz CT molecular complexity index is 436. The molecule has 4 nitrogen and oxygen atoms in total. The maximum absolute atomic E-state index is 5.85. The number of rotatable bonds is 4. The molecule has 1 N–H and O–H groups in total. The van der Waals surface area contributed by atoms with Crippen molar-refractivity contribution in [3.05, 3.63) is 29.8 Å². The lowest BCUT2D eigenvalue weighted by Gasteiger charge is -2.19. The molecule has 0 saturated carbocycles. The van der Waals surface area contributed by atoms with Gasteiger partial charge < -0.3 is 15.0 Å². The van der Waals surface area contributed by atoms with Crippen molar-refractivity contribution < 1.29 is 4.74 Å². The molecule has 0 bridgehead atoms. The van der Waals surface area contributed by atoms with Crippen LogP contribution in [0, 0.1) is 6.92 Å². The zero-order valence-corrected chi connectivity index (χ0v) is 14.0. The number of likely N-dealkylation sites (N-methyl/N-ethyl adjacent to an activating group) is 1. The van der Waals surface area contributed by atoms with Crippen molar-refractivity contribution in [2.45, 2.75) is 20.0 Å². The Labute approximate surface area is 132 Å². The van der Waals surface area contributed by atoms with Gasteiger partial charge in [-0.3, -0.25) is 4.99 Å². The third-order valence-corrected chi connectivity index (χ3v) is 2.93. The van der Waals surface area contributed by atoms with Gasteiger partial charge in [-0.15, -0.1) is 24.0 Å². The fourth-order valence-corrected chi connectivity index (χ4v) is 1.92. The first-order chi connectivity index (χ1) is 8.65. The van der Waals surface area contributed by atoms with Crippen LogP contribution in [0.2, 0.25) is 0 Å². The monoisotopic (exact) mass is 375 g/mol. The number of ether oxygens (including phenoxy) is 1. The summed E-state index contributed by atoms with van der Waals surface area (Å²) in [4.78, 5) is 6.51. The van der Waals surface area contributed by atoms with Crippen LogP contribution in [0.25, 0.3) is 0 Å².